The summed E-state index contributed by atoms with van der Waals surface area (Å²) in [5, 5.41) is 2.65. The molecule has 1 aliphatic heterocycles. The number of hydrogen-bond donors (Lipinski definition) is 0. The van der Waals surface area contributed by atoms with Crippen LogP contribution < -0.4 is 9.01 Å². The van der Waals surface area contributed by atoms with Gasteiger partial charge in [0.2, 0.25) is 0 Å². The molecule has 0 amide bonds. The van der Waals surface area contributed by atoms with E-state index in [1.807, 2.05) is 60.7 Å². The molecule has 5 nitrogen and oxygen atoms in total. The molecule has 0 bridgehead atoms. The molecule has 0 aromatic heterocycles. The van der Waals surface area contributed by atoms with Crippen LogP contribution in [0.5, 0.6) is 0 Å². The van der Waals surface area contributed by atoms with Crippen LogP contribution in [-0.4, -0.2) is 46.0 Å². The summed E-state index contributed by atoms with van der Waals surface area (Å²) in [7, 11) is -3.70. The number of hydrogen-bond acceptors (Lipinski definition) is 3. The summed E-state index contributed by atoms with van der Waals surface area (Å²) in [6.07, 6.45) is 3.07. The molecule has 0 N–H and O–H groups in total. The summed E-state index contributed by atoms with van der Waals surface area (Å²) in [5.74, 6) is 0. The number of para-hydroxylation sites is 1. The van der Waals surface area contributed by atoms with Gasteiger partial charge in [0, 0.05) is 17.5 Å². The minimum atomic E-state index is -3.70. The Hall–Kier alpha value is -2.48. The number of nitrogens with zero attached hydrogens (tertiary/aromatic N) is 3. The van der Waals surface area contributed by atoms with Gasteiger partial charge in [-0.2, -0.15) is 4.59 Å². The number of aryl methyl sites for hydroxylation is 1. The maximum atomic E-state index is 14.1. The summed E-state index contributed by atoms with van der Waals surface area (Å²) in [4.78, 5) is 0. The Balaban J connectivity index is 2.02. The average Bonchev–Trinajstić information content (AvgIpc) is 2.75. The highest BCUT2D eigenvalue weighted by molar-refractivity contribution is 7.92. The molecule has 164 valence electrons. The molecule has 0 aliphatic carbocycles. The van der Waals surface area contributed by atoms with Crippen molar-refractivity contribution in [1.82, 2.24) is 9.71 Å². The molecule has 1 heterocycles. The third kappa shape index (κ3) is 4.18. The van der Waals surface area contributed by atoms with Crippen LogP contribution in [-0.2, 0) is 16.4 Å². The van der Waals surface area contributed by atoms with Crippen molar-refractivity contribution in [3.8, 4) is 0 Å². The van der Waals surface area contributed by atoms with Crippen molar-refractivity contribution in [1.29, 1.82) is 0 Å². The van der Waals surface area contributed by atoms with Crippen LogP contribution in [0.1, 0.15) is 18.9 Å². The Morgan fingerprint density at radius 2 is 1.65 bits per heavy atom. The molecule has 0 saturated carbocycles. The summed E-state index contributed by atoms with van der Waals surface area (Å²) < 4.78 is 42.5. The second-order valence-corrected chi connectivity index (χ2v) is 10.0. The summed E-state index contributed by atoms with van der Waals surface area (Å²) in [6.45, 7) is 3.07. The van der Waals surface area contributed by atoms with Crippen LogP contribution in [0.2, 0.25) is 0 Å². The molecule has 1 aliphatic rings. The van der Waals surface area contributed by atoms with Crippen LogP contribution in [0, 0.1) is 0 Å². The Morgan fingerprint density at radius 3 is 2.29 bits per heavy atom. The second kappa shape index (κ2) is 8.57. The molecule has 4 rings (SSSR count). The Kier molecular flexibility index (Phi) is 6.01. The van der Waals surface area contributed by atoms with E-state index in [1.54, 1.807) is 0 Å². The minimum absolute atomic E-state index is 0.0413. The predicted octanol–water partition coefficient (Wildman–Crippen LogP) is 4.68. The maximum Gasteiger partial charge on any atom is 0.273 e. The van der Waals surface area contributed by atoms with Crippen molar-refractivity contribution in [2.24, 2.45) is 0 Å². The maximum absolute atomic E-state index is 14.1. The zero-order valence-corrected chi connectivity index (χ0v) is 18.9. The highest BCUT2D eigenvalue weighted by Gasteiger charge is 2.47. The van der Waals surface area contributed by atoms with E-state index in [2.05, 4.69) is 13.0 Å². The van der Waals surface area contributed by atoms with Gasteiger partial charge >= 0.3 is 0 Å². The summed E-state index contributed by atoms with van der Waals surface area (Å²) in [6, 6.07) is 21.6. The number of sulfonamides is 1. The van der Waals surface area contributed by atoms with Crippen LogP contribution >= 0.6 is 0 Å². The predicted molar refractivity (Wildman–Crippen MR) is 126 cm³/mol. The van der Waals surface area contributed by atoms with Gasteiger partial charge in [-0.15, -0.1) is 14.0 Å². The fourth-order valence-electron chi connectivity index (χ4n) is 4.63. The quantitative estimate of drug-likeness (QED) is 0.411. The standard InChI is InChI=1S/C24H29FN3O2S/c1-3-9-20-18-21-10-7-8-13-23(21)24(19-20)27(31(2,29)30)28(16-14-26(25)15-17-28)22-11-5-4-6-12-22/h4-8,10-13,18-19H,3,9,14-17H2,1-2H3/q+1. The number of halogens is 1. The van der Waals surface area contributed by atoms with Gasteiger partial charge in [0.25, 0.3) is 10.0 Å². The topological polar surface area (TPSA) is 40.6 Å². The van der Waals surface area contributed by atoms with Crippen molar-refractivity contribution in [3.63, 3.8) is 0 Å². The first-order valence-electron chi connectivity index (χ1n) is 10.7. The zero-order chi connectivity index (χ0) is 22.1. The van der Waals surface area contributed by atoms with Crippen LogP contribution in [0.15, 0.2) is 66.7 Å². The summed E-state index contributed by atoms with van der Waals surface area (Å²) in [5.41, 5.74) is 2.59. The first-order chi connectivity index (χ1) is 14.8. The first kappa shape index (κ1) is 21.7. The van der Waals surface area contributed by atoms with Gasteiger partial charge in [-0.25, -0.2) is 8.42 Å². The lowest BCUT2D eigenvalue weighted by Crippen LogP contribution is -2.70. The fourth-order valence-corrected chi connectivity index (χ4v) is 5.97. The van der Waals surface area contributed by atoms with Gasteiger partial charge in [-0.3, -0.25) is 0 Å². The molecule has 3 aromatic rings. The Labute approximate surface area is 183 Å². The van der Waals surface area contributed by atoms with Crippen molar-refractivity contribution < 1.29 is 12.9 Å². The molecule has 7 heteroatoms. The summed E-state index contributed by atoms with van der Waals surface area (Å²) >= 11 is 0. The molecule has 0 unspecified atom stereocenters. The highest BCUT2D eigenvalue weighted by Crippen LogP contribution is 2.38. The number of fused-ring (bicyclic) bond motifs is 1. The number of anilines is 1. The van der Waals surface area contributed by atoms with E-state index in [9.17, 15) is 12.9 Å². The molecule has 1 fully saturated rings. The molecule has 0 radical (unpaired) electrons. The SMILES string of the molecule is CCCc1cc(N([N+]2(c3ccccc3)CCN(F)CC2)S(C)(=O)=O)c2ccccc2c1. The third-order valence-corrected chi connectivity index (χ3v) is 7.11. The van der Waals surface area contributed by atoms with Crippen molar-refractivity contribution in [2.45, 2.75) is 19.8 Å². The van der Waals surface area contributed by atoms with Crippen LogP contribution in [0.25, 0.3) is 10.8 Å². The van der Waals surface area contributed by atoms with Gasteiger partial charge in [-0.1, -0.05) is 61.9 Å². The van der Waals surface area contributed by atoms with E-state index >= 15 is 0 Å². The third-order valence-electron chi connectivity index (χ3n) is 5.97. The normalized spacial score (nSPS) is 17.0. The van der Waals surface area contributed by atoms with Gasteiger partial charge in [0.05, 0.1) is 19.3 Å². The van der Waals surface area contributed by atoms with E-state index < -0.39 is 10.0 Å². The van der Waals surface area contributed by atoms with E-state index in [1.165, 1.54) is 10.7 Å². The lowest BCUT2D eigenvalue weighted by atomic mass is 10.0. The Bertz CT molecular complexity index is 1160. The van der Waals surface area contributed by atoms with Crippen LogP contribution in [0.3, 0.4) is 0 Å². The van der Waals surface area contributed by atoms with Crippen molar-refractivity contribution in [3.05, 3.63) is 72.3 Å². The molecule has 0 atom stereocenters. The molecule has 3 aromatic carbocycles. The van der Waals surface area contributed by atoms with E-state index in [0.29, 0.717) is 18.8 Å². The molecule has 31 heavy (non-hydrogen) atoms. The van der Waals surface area contributed by atoms with Crippen molar-refractivity contribution >= 4 is 32.2 Å². The number of benzene rings is 3. The number of piperazine rings is 1. The molecular formula is C24H29FN3O2S+. The largest absolute Gasteiger partial charge is 0.273 e. The molecular weight excluding hydrogens is 413 g/mol. The van der Waals surface area contributed by atoms with E-state index in [0.717, 1.165) is 40.0 Å². The number of rotatable bonds is 6. The first-order valence-corrected chi connectivity index (χ1v) is 12.6. The molecule has 1 saturated heterocycles. The second-order valence-electron chi connectivity index (χ2n) is 8.21. The Morgan fingerprint density at radius 1 is 1.00 bits per heavy atom. The van der Waals surface area contributed by atoms with Crippen LogP contribution in [0.4, 0.5) is 15.9 Å². The van der Waals surface area contributed by atoms with Gasteiger partial charge in [0.1, 0.15) is 18.8 Å². The number of quaternary nitrogens is 1. The lowest BCUT2D eigenvalue weighted by Gasteiger charge is -2.47. The smallest absolute Gasteiger partial charge is 0.202 e. The lowest BCUT2D eigenvalue weighted by molar-refractivity contribution is -0.0181. The average molecular weight is 443 g/mol. The van der Waals surface area contributed by atoms with Gasteiger partial charge in [0.15, 0.2) is 5.69 Å². The van der Waals surface area contributed by atoms with Gasteiger partial charge in [-0.05, 0) is 23.4 Å². The fraction of sp³-hybridized carbons (Fsp3) is 0.333. The molecule has 0 spiro atoms. The van der Waals surface area contributed by atoms with Gasteiger partial charge < -0.3 is 0 Å². The monoisotopic (exact) mass is 442 g/mol. The minimum Gasteiger partial charge on any atom is -0.202 e. The zero-order valence-electron chi connectivity index (χ0n) is 18.0. The van der Waals surface area contributed by atoms with E-state index in [-0.39, 0.29) is 17.7 Å². The highest BCUT2D eigenvalue weighted by atomic mass is 32.2. The van der Waals surface area contributed by atoms with E-state index in [4.69, 9.17) is 0 Å². The van der Waals surface area contributed by atoms with Crippen molar-refractivity contribution in [2.75, 3.05) is 36.8 Å².